The summed E-state index contributed by atoms with van der Waals surface area (Å²) in [6, 6.07) is 4.21. The smallest absolute Gasteiger partial charge is 0.0503 e. The second-order valence-corrected chi connectivity index (χ2v) is 6.57. The summed E-state index contributed by atoms with van der Waals surface area (Å²) in [6.45, 7) is 0. The molecule has 0 aromatic carbocycles. The van der Waals surface area contributed by atoms with Crippen molar-refractivity contribution in [2.45, 2.75) is 11.5 Å². The summed E-state index contributed by atoms with van der Waals surface area (Å²) >= 11 is 3.53. The van der Waals surface area contributed by atoms with Crippen molar-refractivity contribution in [3.63, 3.8) is 0 Å². The predicted octanol–water partition coefficient (Wildman–Crippen LogP) is 3.24. The van der Waals surface area contributed by atoms with Crippen molar-refractivity contribution >= 4 is 33.5 Å². The Labute approximate surface area is 92.9 Å². The van der Waals surface area contributed by atoms with Gasteiger partial charge in [0.05, 0.1) is 11.5 Å². The van der Waals surface area contributed by atoms with Crippen molar-refractivity contribution in [3.05, 3.63) is 34.0 Å². The van der Waals surface area contributed by atoms with E-state index in [4.69, 9.17) is 0 Å². The summed E-state index contributed by atoms with van der Waals surface area (Å²) in [5, 5.41) is 4.19. The second kappa shape index (κ2) is 3.29. The summed E-state index contributed by atoms with van der Waals surface area (Å²) in [5.41, 5.74) is 2.52. The Kier molecular flexibility index (Phi) is 2.08. The number of hydrogen-bond acceptors (Lipinski definition) is 3. The third-order valence-corrected chi connectivity index (χ3v) is 5.68. The summed E-state index contributed by atoms with van der Waals surface area (Å²) in [7, 11) is -0.724. The van der Waals surface area contributed by atoms with Crippen LogP contribution in [0.3, 0.4) is 0 Å². The maximum absolute atomic E-state index is 11.7. The van der Waals surface area contributed by atoms with Gasteiger partial charge in [-0.1, -0.05) is 0 Å². The van der Waals surface area contributed by atoms with Crippen LogP contribution in [0.25, 0.3) is 9.75 Å². The molecule has 4 heteroatoms. The molecular weight excluding hydrogens is 232 g/mol. The minimum Gasteiger partial charge on any atom is -0.259 e. The first-order chi connectivity index (χ1) is 6.84. The molecule has 3 rings (SSSR count). The van der Waals surface area contributed by atoms with Gasteiger partial charge >= 0.3 is 0 Å². The van der Waals surface area contributed by atoms with Crippen LogP contribution in [0.4, 0.5) is 0 Å². The number of rotatable bonds is 0. The zero-order valence-corrected chi connectivity index (χ0v) is 9.81. The molecule has 1 aliphatic rings. The van der Waals surface area contributed by atoms with E-state index < -0.39 is 10.8 Å². The van der Waals surface area contributed by atoms with E-state index in [1.807, 2.05) is 0 Å². The van der Waals surface area contributed by atoms with Crippen molar-refractivity contribution in [3.8, 4) is 9.75 Å². The molecule has 0 saturated carbocycles. The molecule has 0 fully saturated rings. The Morgan fingerprint density at radius 3 is 2.00 bits per heavy atom. The Morgan fingerprint density at radius 2 is 1.50 bits per heavy atom. The monoisotopic (exact) mass is 240 g/mol. The zero-order valence-electron chi connectivity index (χ0n) is 7.36. The van der Waals surface area contributed by atoms with Crippen molar-refractivity contribution in [1.29, 1.82) is 0 Å². The van der Waals surface area contributed by atoms with Gasteiger partial charge in [-0.05, 0) is 34.0 Å². The van der Waals surface area contributed by atoms with Crippen LogP contribution in [0.1, 0.15) is 11.1 Å². The summed E-state index contributed by atoms with van der Waals surface area (Å²) in [6.07, 6.45) is 0. The normalized spacial score (nSPS) is 16.0. The Balaban J connectivity index is 2.29. The fraction of sp³-hybridized carbons (Fsp3) is 0.200. The average Bonchev–Trinajstić information content (AvgIpc) is 2.72. The van der Waals surface area contributed by atoms with Crippen LogP contribution in [0.5, 0.6) is 0 Å². The highest BCUT2D eigenvalue weighted by Crippen LogP contribution is 2.39. The van der Waals surface area contributed by atoms with Gasteiger partial charge < -0.3 is 0 Å². The molecule has 0 N–H and O–H groups in total. The van der Waals surface area contributed by atoms with E-state index in [0.717, 1.165) is 11.5 Å². The lowest BCUT2D eigenvalue weighted by molar-refractivity contribution is 0.682. The molecule has 0 bridgehead atoms. The molecule has 1 nitrogen and oxygen atoms in total. The standard InChI is InChI=1S/C10H8OS3/c11-14-5-7-1-3-12-9(7)10-8(6-14)2-4-13-10/h1-4H,5-6H2. The lowest BCUT2D eigenvalue weighted by Crippen LogP contribution is -1.94. The summed E-state index contributed by atoms with van der Waals surface area (Å²) in [4.78, 5) is 2.67. The maximum Gasteiger partial charge on any atom is 0.0503 e. The minimum absolute atomic E-state index is 0.722. The molecule has 2 aromatic rings. The van der Waals surface area contributed by atoms with Gasteiger partial charge in [0.1, 0.15) is 0 Å². The number of fused-ring (bicyclic) bond motifs is 3. The van der Waals surface area contributed by atoms with Crippen LogP contribution in [0.15, 0.2) is 22.9 Å². The fourth-order valence-electron chi connectivity index (χ4n) is 1.70. The van der Waals surface area contributed by atoms with Crippen LogP contribution in [0, 0.1) is 0 Å². The van der Waals surface area contributed by atoms with Gasteiger partial charge in [-0.3, -0.25) is 4.21 Å². The first kappa shape index (κ1) is 8.83. The first-order valence-electron chi connectivity index (χ1n) is 4.32. The van der Waals surface area contributed by atoms with E-state index in [9.17, 15) is 4.21 Å². The SMILES string of the molecule is O=S1Cc2ccsc2-c2sccc2C1. The van der Waals surface area contributed by atoms with Gasteiger partial charge in [0.25, 0.3) is 0 Å². The molecule has 0 saturated heterocycles. The van der Waals surface area contributed by atoms with Crippen LogP contribution >= 0.6 is 22.7 Å². The van der Waals surface area contributed by atoms with Crippen molar-refractivity contribution in [2.24, 2.45) is 0 Å². The van der Waals surface area contributed by atoms with Crippen molar-refractivity contribution in [1.82, 2.24) is 0 Å². The van der Waals surface area contributed by atoms with Gasteiger partial charge in [0.15, 0.2) is 0 Å². The molecule has 0 spiro atoms. The van der Waals surface area contributed by atoms with Crippen LogP contribution in [-0.4, -0.2) is 4.21 Å². The molecule has 14 heavy (non-hydrogen) atoms. The van der Waals surface area contributed by atoms with Gasteiger partial charge in [0.2, 0.25) is 0 Å². The van der Waals surface area contributed by atoms with Crippen molar-refractivity contribution in [2.75, 3.05) is 0 Å². The Morgan fingerprint density at radius 1 is 1.00 bits per heavy atom. The summed E-state index contributed by atoms with van der Waals surface area (Å²) in [5.74, 6) is 1.44. The molecule has 1 aliphatic heterocycles. The minimum atomic E-state index is -0.724. The van der Waals surface area contributed by atoms with E-state index in [2.05, 4.69) is 22.9 Å². The average molecular weight is 240 g/mol. The topological polar surface area (TPSA) is 17.1 Å². The number of hydrogen-bond donors (Lipinski definition) is 0. The Hall–Kier alpha value is -0.450. The van der Waals surface area contributed by atoms with E-state index in [0.29, 0.717) is 0 Å². The molecule has 2 aromatic heterocycles. The third-order valence-electron chi connectivity index (χ3n) is 2.33. The molecule has 0 atom stereocenters. The van der Waals surface area contributed by atoms with Crippen LogP contribution < -0.4 is 0 Å². The van der Waals surface area contributed by atoms with Crippen LogP contribution in [-0.2, 0) is 22.3 Å². The zero-order chi connectivity index (χ0) is 9.54. The van der Waals surface area contributed by atoms with E-state index in [1.165, 1.54) is 20.9 Å². The molecule has 0 radical (unpaired) electrons. The van der Waals surface area contributed by atoms with E-state index >= 15 is 0 Å². The largest absolute Gasteiger partial charge is 0.259 e. The lowest BCUT2D eigenvalue weighted by atomic mass is 10.2. The van der Waals surface area contributed by atoms with Crippen molar-refractivity contribution < 1.29 is 4.21 Å². The highest BCUT2D eigenvalue weighted by atomic mass is 32.2. The highest BCUT2D eigenvalue weighted by Gasteiger charge is 2.19. The first-order valence-corrected chi connectivity index (χ1v) is 7.57. The molecular formula is C10H8OS3. The van der Waals surface area contributed by atoms with Crippen LogP contribution in [0.2, 0.25) is 0 Å². The molecule has 0 unspecified atom stereocenters. The molecule has 3 heterocycles. The van der Waals surface area contributed by atoms with E-state index in [-0.39, 0.29) is 0 Å². The van der Waals surface area contributed by atoms with E-state index in [1.54, 1.807) is 22.7 Å². The van der Waals surface area contributed by atoms with Gasteiger partial charge in [-0.25, -0.2) is 0 Å². The van der Waals surface area contributed by atoms with Gasteiger partial charge in [-0.15, -0.1) is 22.7 Å². The maximum atomic E-state index is 11.7. The lowest BCUT2D eigenvalue weighted by Gasteiger charge is -1.95. The number of thiophene rings is 2. The second-order valence-electron chi connectivity index (χ2n) is 3.28. The Bertz CT molecular complexity index is 451. The van der Waals surface area contributed by atoms with Gasteiger partial charge in [0, 0.05) is 20.6 Å². The molecule has 0 aliphatic carbocycles. The quantitative estimate of drug-likeness (QED) is 0.691. The fourth-order valence-corrected chi connectivity index (χ4v) is 5.24. The predicted molar refractivity (Wildman–Crippen MR) is 63.2 cm³/mol. The summed E-state index contributed by atoms with van der Waals surface area (Å²) < 4.78 is 11.7. The third kappa shape index (κ3) is 1.29. The molecule has 72 valence electrons. The van der Waals surface area contributed by atoms with Gasteiger partial charge in [-0.2, -0.15) is 0 Å². The molecule has 0 amide bonds. The highest BCUT2D eigenvalue weighted by molar-refractivity contribution is 7.83.